The van der Waals surface area contributed by atoms with E-state index in [-0.39, 0.29) is 10.6 Å². The Hall–Kier alpha value is -2.83. The molecule has 12 heteroatoms. The molecule has 1 N–H and O–H groups in total. The first kappa shape index (κ1) is 23.8. The molecule has 0 saturated carbocycles. The Morgan fingerprint density at radius 1 is 1.09 bits per heavy atom. The molecule has 0 aliphatic rings. The molecular weight excluding hydrogens is 472 g/mol. The molecule has 3 aromatic rings. The molecule has 1 amide bonds. The number of hydrogen-bond acceptors (Lipinski definition) is 9. The van der Waals surface area contributed by atoms with E-state index in [0.29, 0.717) is 16.6 Å². The summed E-state index contributed by atoms with van der Waals surface area (Å²) in [6, 6.07) is 12.5. The summed E-state index contributed by atoms with van der Waals surface area (Å²) in [4.78, 5) is 12.8. The second-order valence-corrected chi connectivity index (χ2v) is 10.6. The van der Waals surface area contributed by atoms with Crippen molar-refractivity contribution >= 4 is 49.8 Å². The van der Waals surface area contributed by atoms with E-state index < -0.39 is 22.5 Å². The summed E-state index contributed by atoms with van der Waals surface area (Å²) in [5.74, 6) is 1.05. The minimum atomic E-state index is -4.05. The first-order valence-electron chi connectivity index (χ1n) is 9.45. The SMILES string of the molecule is CCSc1nnc(NC(=O)CN(c2ccc(OC)c(OC)c2)S(=O)(=O)c2ccccc2)s1. The second kappa shape index (κ2) is 10.7. The minimum absolute atomic E-state index is 0.0557. The van der Waals surface area contributed by atoms with Crippen molar-refractivity contribution < 1.29 is 22.7 Å². The third-order valence-corrected chi connectivity index (χ3v) is 7.84. The lowest BCUT2D eigenvalue weighted by molar-refractivity contribution is -0.114. The Bertz CT molecular complexity index is 1170. The van der Waals surface area contributed by atoms with E-state index in [4.69, 9.17) is 9.47 Å². The highest BCUT2D eigenvalue weighted by Crippen LogP contribution is 2.34. The van der Waals surface area contributed by atoms with Crippen molar-refractivity contribution in [2.75, 3.05) is 36.1 Å². The third kappa shape index (κ3) is 5.50. The molecule has 0 bridgehead atoms. The summed E-state index contributed by atoms with van der Waals surface area (Å²) in [6.07, 6.45) is 0. The number of carbonyl (C=O) groups is 1. The molecule has 0 aliphatic heterocycles. The van der Waals surface area contributed by atoms with Gasteiger partial charge in [0.1, 0.15) is 6.54 Å². The second-order valence-electron chi connectivity index (χ2n) is 6.22. The molecule has 0 fully saturated rings. The summed E-state index contributed by atoms with van der Waals surface area (Å²) >= 11 is 2.73. The van der Waals surface area contributed by atoms with Gasteiger partial charge in [-0.25, -0.2) is 8.42 Å². The third-order valence-electron chi connectivity index (χ3n) is 4.19. The number of amides is 1. The fourth-order valence-electron chi connectivity index (χ4n) is 2.75. The van der Waals surface area contributed by atoms with Crippen LogP contribution in [0.25, 0.3) is 0 Å². The van der Waals surface area contributed by atoms with E-state index in [0.717, 1.165) is 14.4 Å². The molecule has 0 saturated heterocycles. The van der Waals surface area contributed by atoms with Gasteiger partial charge in [0, 0.05) is 6.07 Å². The van der Waals surface area contributed by atoms with Crippen LogP contribution in [0.2, 0.25) is 0 Å². The van der Waals surface area contributed by atoms with E-state index in [2.05, 4.69) is 15.5 Å². The van der Waals surface area contributed by atoms with Crippen molar-refractivity contribution in [2.24, 2.45) is 0 Å². The number of anilines is 2. The van der Waals surface area contributed by atoms with Gasteiger partial charge < -0.3 is 9.47 Å². The number of nitrogens with one attached hydrogen (secondary N) is 1. The number of rotatable bonds is 10. The van der Waals surface area contributed by atoms with Gasteiger partial charge in [-0.05, 0) is 30.0 Å². The molecule has 2 aromatic carbocycles. The Kier molecular flexibility index (Phi) is 7.94. The number of thioether (sulfide) groups is 1. The number of benzene rings is 2. The quantitative estimate of drug-likeness (QED) is 0.337. The fraction of sp³-hybridized carbons (Fsp3) is 0.250. The van der Waals surface area contributed by atoms with Crippen LogP contribution in [0.5, 0.6) is 11.5 Å². The fourth-order valence-corrected chi connectivity index (χ4v) is 5.85. The van der Waals surface area contributed by atoms with E-state index >= 15 is 0 Å². The van der Waals surface area contributed by atoms with E-state index in [1.807, 2.05) is 6.92 Å². The Balaban J connectivity index is 1.94. The summed E-state index contributed by atoms with van der Waals surface area (Å²) < 4.78 is 39.1. The molecule has 0 unspecified atom stereocenters. The van der Waals surface area contributed by atoms with Crippen molar-refractivity contribution in [3.05, 3.63) is 48.5 Å². The van der Waals surface area contributed by atoms with Crippen LogP contribution in [0.15, 0.2) is 57.8 Å². The Morgan fingerprint density at radius 2 is 1.81 bits per heavy atom. The number of aromatic nitrogens is 2. The zero-order valence-electron chi connectivity index (χ0n) is 17.6. The van der Waals surface area contributed by atoms with E-state index in [1.54, 1.807) is 30.3 Å². The Labute approximate surface area is 194 Å². The molecule has 0 radical (unpaired) electrons. The first-order valence-corrected chi connectivity index (χ1v) is 12.7. The largest absolute Gasteiger partial charge is 0.493 e. The molecule has 0 aliphatic carbocycles. The normalized spacial score (nSPS) is 11.1. The zero-order chi connectivity index (χ0) is 23.1. The summed E-state index contributed by atoms with van der Waals surface area (Å²) in [5, 5.41) is 10.9. The van der Waals surface area contributed by atoms with Gasteiger partial charge in [-0.1, -0.05) is 48.2 Å². The maximum absolute atomic E-state index is 13.4. The number of nitrogens with zero attached hydrogens (tertiary/aromatic N) is 3. The van der Waals surface area contributed by atoms with Crippen LogP contribution in [-0.2, 0) is 14.8 Å². The maximum atomic E-state index is 13.4. The molecule has 170 valence electrons. The van der Waals surface area contributed by atoms with Crippen molar-refractivity contribution in [1.82, 2.24) is 10.2 Å². The number of hydrogen-bond donors (Lipinski definition) is 1. The van der Waals surface area contributed by atoms with Crippen LogP contribution in [0, 0.1) is 0 Å². The van der Waals surface area contributed by atoms with Crippen LogP contribution < -0.4 is 19.1 Å². The highest BCUT2D eigenvalue weighted by Gasteiger charge is 2.28. The van der Waals surface area contributed by atoms with Crippen LogP contribution in [0.4, 0.5) is 10.8 Å². The maximum Gasteiger partial charge on any atom is 0.264 e. The standard InChI is InChI=1S/C20H22N4O5S3/c1-4-30-20-23-22-19(31-20)21-18(25)13-24(32(26,27)15-8-6-5-7-9-15)14-10-11-16(28-2)17(12-14)29-3/h5-12H,4,13H2,1-3H3,(H,21,22,25). The number of methoxy groups -OCH3 is 2. The van der Waals surface area contributed by atoms with Gasteiger partial charge in [0.05, 0.1) is 24.8 Å². The van der Waals surface area contributed by atoms with Gasteiger partial charge >= 0.3 is 0 Å². The number of sulfonamides is 1. The van der Waals surface area contributed by atoms with Crippen molar-refractivity contribution in [3.8, 4) is 11.5 Å². The smallest absolute Gasteiger partial charge is 0.264 e. The van der Waals surface area contributed by atoms with Crippen molar-refractivity contribution in [3.63, 3.8) is 0 Å². The van der Waals surface area contributed by atoms with Crippen molar-refractivity contribution in [2.45, 2.75) is 16.2 Å². The van der Waals surface area contributed by atoms with Crippen LogP contribution in [-0.4, -0.2) is 51.0 Å². The monoisotopic (exact) mass is 494 g/mol. The van der Waals surface area contributed by atoms with Gasteiger partial charge in [-0.2, -0.15) is 0 Å². The molecule has 1 aromatic heterocycles. The topological polar surface area (TPSA) is 111 Å². The minimum Gasteiger partial charge on any atom is -0.493 e. The van der Waals surface area contributed by atoms with Gasteiger partial charge in [-0.15, -0.1) is 10.2 Å². The van der Waals surface area contributed by atoms with E-state index in [9.17, 15) is 13.2 Å². The predicted octanol–water partition coefficient (Wildman–Crippen LogP) is 3.50. The van der Waals surface area contributed by atoms with Gasteiger partial charge in [0.25, 0.3) is 10.0 Å². The number of carbonyl (C=O) groups excluding carboxylic acids is 1. The molecule has 0 atom stereocenters. The van der Waals surface area contributed by atoms with Crippen LogP contribution in [0.1, 0.15) is 6.92 Å². The highest BCUT2D eigenvalue weighted by molar-refractivity contribution is 8.01. The van der Waals surface area contributed by atoms with E-state index in [1.165, 1.54) is 55.5 Å². The summed E-state index contributed by atoms with van der Waals surface area (Å²) in [6.45, 7) is 1.52. The first-order chi connectivity index (χ1) is 15.4. The molecule has 3 rings (SSSR count). The average molecular weight is 495 g/mol. The summed E-state index contributed by atoms with van der Waals surface area (Å²) in [5.41, 5.74) is 0.251. The highest BCUT2D eigenvalue weighted by atomic mass is 32.2. The van der Waals surface area contributed by atoms with Crippen LogP contribution >= 0.6 is 23.1 Å². The number of ether oxygens (including phenoxy) is 2. The molecular formula is C20H22N4O5S3. The molecule has 1 heterocycles. The van der Waals surface area contributed by atoms with Gasteiger partial charge in [0.15, 0.2) is 15.8 Å². The zero-order valence-corrected chi connectivity index (χ0v) is 20.1. The van der Waals surface area contributed by atoms with Gasteiger partial charge in [-0.3, -0.25) is 14.4 Å². The lowest BCUT2D eigenvalue weighted by Gasteiger charge is -2.24. The summed E-state index contributed by atoms with van der Waals surface area (Å²) in [7, 11) is -1.12. The predicted molar refractivity (Wildman–Crippen MR) is 125 cm³/mol. The Morgan fingerprint density at radius 3 is 2.47 bits per heavy atom. The van der Waals surface area contributed by atoms with Crippen molar-refractivity contribution in [1.29, 1.82) is 0 Å². The van der Waals surface area contributed by atoms with Crippen LogP contribution in [0.3, 0.4) is 0 Å². The lowest BCUT2D eigenvalue weighted by atomic mass is 10.2. The molecule has 0 spiro atoms. The lowest BCUT2D eigenvalue weighted by Crippen LogP contribution is -2.38. The molecule has 32 heavy (non-hydrogen) atoms. The van der Waals surface area contributed by atoms with Gasteiger partial charge in [0.2, 0.25) is 11.0 Å². The average Bonchev–Trinajstić information content (AvgIpc) is 3.24. The molecule has 9 nitrogen and oxygen atoms in total.